The quantitative estimate of drug-likeness (QED) is 0.649. The van der Waals surface area contributed by atoms with Gasteiger partial charge in [-0.05, 0) is 15.4 Å². The zero-order valence-electron chi connectivity index (χ0n) is 14.5. The molecule has 3 nitrogen and oxygen atoms in total. The highest BCUT2D eigenvalue weighted by molar-refractivity contribution is 6.99. The summed E-state index contributed by atoms with van der Waals surface area (Å²) in [6.45, 7) is 10.1. The minimum atomic E-state index is -2.68. The molecule has 24 heavy (non-hydrogen) atoms. The summed E-state index contributed by atoms with van der Waals surface area (Å²) < 4.78 is 6.45. The van der Waals surface area contributed by atoms with Crippen LogP contribution in [0.5, 0.6) is 0 Å². The summed E-state index contributed by atoms with van der Waals surface area (Å²) in [6.07, 6.45) is 0. The third-order valence-corrected chi connectivity index (χ3v) is 9.16. The molecule has 0 saturated heterocycles. The van der Waals surface area contributed by atoms with Gasteiger partial charge in [0.25, 0.3) is 8.32 Å². The minimum Gasteiger partial charge on any atom is -0.478 e. The molecular weight excluding hydrogens is 316 g/mol. The van der Waals surface area contributed by atoms with Gasteiger partial charge in [0.1, 0.15) is 0 Å². The molecule has 0 saturated carbocycles. The minimum absolute atomic E-state index is 0.0165. The highest BCUT2D eigenvalue weighted by Gasteiger charge is 2.50. The van der Waals surface area contributed by atoms with Crippen molar-refractivity contribution in [1.82, 2.24) is 0 Å². The molecule has 2 aromatic carbocycles. The molecule has 0 amide bonds. The first-order valence-corrected chi connectivity index (χ1v) is 9.86. The number of carbonyl (C=O) groups is 1. The number of carboxylic acid groups (broad SMARTS) is 1. The fourth-order valence-corrected chi connectivity index (χ4v) is 7.56. The Balaban J connectivity index is 2.61. The zero-order valence-corrected chi connectivity index (χ0v) is 15.5. The first-order chi connectivity index (χ1) is 11.3. The molecule has 0 heterocycles. The lowest BCUT2D eigenvalue weighted by Crippen LogP contribution is -2.66. The lowest BCUT2D eigenvalue weighted by Gasteiger charge is -2.43. The first-order valence-electron chi connectivity index (χ1n) is 7.95. The molecule has 2 rings (SSSR count). The summed E-state index contributed by atoms with van der Waals surface area (Å²) in [5, 5.41) is 11.2. The maximum absolute atomic E-state index is 11.2. The maximum Gasteiger partial charge on any atom is 0.333 e. The third-order valence-electron chi connectivity index (χ3n) is 4.18. The molecule has 0 atom stereocenters. The molecule has 0 spiro atoms. The van der Waals surface area contributed by atoms with Gasteiger partial charge in [-0.15, -0.1) is 0 Å². The van der Waals surface area contributed by atoms with Crippen LogP contribution in [-0.4, -0.2) is 26.0 Å². The van der Waals surface area contributed by atoms with Crippen molar-refractivity contribution in [3.63, 3.8) is 0 Å². The van der Waals surface area contributed by atoms with Gasteiger partial charge >= 0.3 is 5.97 Å². The van der Waals surface area contributed by atoms with E-state index in [1.165, 1.54) is 0 Å². The van der Waals surface area contributed by atoms with E-state index in [-0.39, 0.29) is 17.2 Å². The molecule has 0 fully saturated rings. The van der Waals surface area contributed by atoms with Crippen LogP contribution in [0, 0.1) is 0 Å². The van der Waals surface area contributed by atoms with Gasteiger partial charge < -0.3 is 9.53 Å². The van der Waals surface area contributed by atoms with Gasteiger partial charge in [-0.1, -0.05) is 88.0 Å². The first kappa shape index (κ1) is 18.2. The van der Waals surface area contributed by atoms with Crippen LogP contribution in [0.15, 0.2) is 72.8 Å². The number of carboxylic acids is 1. The van der Waals surface area contributed by atoms with E-state index < -0.39 is 14.3 Å². The molecule has 2 aromatic rings. The van der Waals surface area contributed by atoms with E-state index in [9.17, 15) is 4.79 Å². The van der Waals surface area contributed by atoms with Crippen LogP contribution in [0.3, 0.4) is 0 Å². The van der Waals surface area contributed by atoms with E-state index in [2.05, 4.69) is 51.6 Å². The second-order valence-corrected chi connectivity index (χ2v) is 11.2. The maximum atomic E-state index is 11.2. The van der Waals surface area contributed by atoms with E-state index in [0.29, 0.717) is 0 Å². The van der Waals surface area contributed by atoms with Crippen molar-refractivity contribution >= 4 is 24.7 Å². The summed E-state index contributed by atoms with van der Waals surface area (Å²) in [4.78, 5) is 11.2. The fraction of sp³-hybridized carbons (Fsp3) is 0.250. The van der Waals surface area contributed by atoms with Gasteiger partial charge in [-0.25, -0.2) is 4.79 Å². The van der Waals surface area contributed by atoms with Gasteiger partial charge in [0.15, 0.2) is 0 Å². The van der Waals surface area contributed by atoms with Crippen LogP contribution >= 0.6 is 0 Å². The van der Waals surface area contributed by atoms with E-state index in [0.717, 1.165) is 10.4 Å². The van der Waals surface area contributed by atoms with Crippen molar-refractivity contribution in [2.75, 3.05) is 6.61 Å². The Labute approximate surface area is 144 Å². The second-order valence-electron chi connectivity index (χ2n) is 6.86. The molecule has 0 bridgehead atoms. The Hall–Kier alpha value is -2.17. The van der Waals surface area contributed by atoms with Crippen molar-refractivity contribution in [2.45, 2.75) is 25.8 Å². The van der Waals surface area contributed by atoms with Crippen molar-refractivity contribution in [2.24, 2.45) is 0 Å². The molecule has 1 N–H and O–H groups in total. The molecule has 0 aliphatic heterocycles. The van der Waals surface area contributed by atoms with Gasteiger partial charge in [-0.3, -0.25) is 0 Å². The molecule has 4 heteroatoms. The van der Waals surface area contributed by atoms with Gasteiger partial charge in [0.2, 0.25) is 0 Å². The topological polar surface area (TPSA) is 46.5 Å². The summed E-state index contributed by atoms with van der Waals surface area (Å²) >= 11 is 0. The van der Waals surface area contributed by atoms with Gasteiger partial charge in [0, 0.05) is 0 Å². The van der Waals surface area contributed by atoms with Crippen LogP contribution in [0.4, 0.5) is 0 Å². The lowest BCUT2D eigenvalue weighted by atomic mass is 10.2. The average Bonchev–Trinajstić information content (AvgIpc) is 2.56. The number of aliphatic carboxylic acids is 1. The summed E-state index contributed by atoms with van der Waals surface area (Å²) in [7, 11) is -2.68. The van der Waals surface area contributed by atoms with Crippen LogP contribution in [0.25, 0.3) is 0 Å². The lowest BCUT2D eigenvalue weighted by molar-refractivity contribution is -0.133. The van der Waals surface area contributed by atoms with Crippen LogP contribution in [0.1, 0.15) is 20.8 Å². The third kappa shape index (κ3) is 3.50. The monoisotopic (exact) mass is 340 g/mol. The standard InChI is InChI=1S/C20H24O3Si/c1-16(19(21)22)15-23-24(20(2,3)4,17-11-7-5-8-12-17)18-13-9-6-10-14-18/h5-14H,1,15H2,2-4H3,(H,21,22). The Morgan fingerprint density at radius 1 is 1.00 bits per heavy atom. The summed E-state index contributed by atoms with van der Waals surface area (Å²) in [5.41, 5.74) is 0.0722. The van der Waals surface area contributed by atoms with Crippen molar-refractivity contribution in [3.05, 3.63) is 72.8 Å². The normalized spacial score (nSPS) is 12.0. The van der Waals surface area contributed by atoms with E-state index >= 15 is 0 Å². The Morgan fingerprint density at radius 2 is 1.42 bits per heavy atom. The molecular formula is C20H24O3Si. The highest BCUT2D eigenvalue weighted by Crippen LogP contribution is 2.36. The predicted molar refractivity (Wildman–Crippen MR) is 100 cm³/mol. The Bertz CT molecular complexity index is 663. The highest BCUT2D eigenvalue weighted by atomic mass is 28.4. The molecule has 0 aliphatic rings. The van der Waals surface area contributed by atoms with Crippen molar-refractivity contribution in [3.8, 4) is 0 Å². The number of rotatable bonds is 6. The van der Waals surface area contributed by atoms with Crippen LogP contribution in [-0.2, 0) is 9.22 Å². The largest absolute Gasteiger partial charge is 0.478 e. The van der Waals surface area contributed by atoms with Crippen LogP contribution < -0.4 is 10.4 Å². The summed E-state index contributed by atoms with van der Waals surface area (Å²) in [6, 6.07) is 20.3. The van der Waals surface area contributed by atoms with Gasteiger partial charge in [-0.2, -0.15) is 0 Å². The number of benzene rings is 2. The van der Waals surface area contributed by atoms with Crippen LogP contribution in [0.2, 0.25) is 5.04 Å². The van der Waals surface area contributed by atoms with Crippen molar-refractivity contribution < 1.29 is 14.3 Å². The number of hydrogen-bond donors (Lipinski definition) is 1. The second kappa shape index (κ2) is 7.15. The van der Waals surface area contributed by atoms with Gasteiger partial charge in [0.05, 0.1) is 12.2 Å². The molecule has 0 aliphatic carbocycles. The fourth-order valence-electron chi connectivity index (χ4n) is 3.02. The Kier molecular flexibility index (Phi) is 5.42. The number of hydrogen-bond acceptors (Lipinski definition) is 2. The molecule has 126 valence electrons. The SMILES string of the molecule is C=C(CO[Si](c1ccccc1)(c1ccccc1)C(C)(C)C)C(=O)O. The van der Waals surface area contributed by atoms with Crippen molar-refractivity contribution in [1.29, 1.82) is 0 Å². The Morgan fingerprint density at radius 3 is 1.75 bits per heavy atom. The predicted octanol–water partition coefficient (Wildman–Crippen LogP) is 3.20. The zero-order chi connectivity index (χ0) is 17.8. The molecule has 0 aromatic heterocycles. The van der Waals surface area contributed by atoms with E-state index in [1.54, 1.807) is 0 Å². The summed E-state index contributed by atoms with van der Waals surface area (Å²) in [5.74, 6) is -1.02. The van der Waals surface area contributed by atoms with E-state index in [4.69, 9.17) is 9.53 Å². The van der Waals surface area contributed by atoms with E-state index in [1.807, 2.05) is 36.4 Å². The molecule has 0 radical (unpaired) electrons. The smallest absolute Gasteiger partial charge is 0.333 e. The molecule has 0 unspecified atom stereocenters. The average molecular weight is 340 g/mol.